The van der Waals surface area contributed by atoms with E-state index in [1.807, 2.05) is 0 Å². The Morgan fingerprint density at radius 1 is 1.08 bits per heavy atom. The number of imidazole rings is 1. The molecule has 0 aliphatic rings. The number of nitroso groups, excluding NO2 is 1. The monoisotopic (exact) mass is 321 g/mol. The van der Waals surface area contributed by atoms with Crippen LogP contribution in [0.3, 0.4) is 0 Å². The Hall–Kier alpha value is -3.28. The van der Waals surface area contributed by atoms with Crippen molar-refractivity contribution in [2.45, 2.75) is 6.54 Å². The number of nitrogens with zero attached hydrogens (tertiary/aromatic N) is 3. The molecule has 0 atom stereocenters. The van der Waals surface area contributed by atoms with Crippen molar-refractivity contribution in [3.8, 4) is 5.75 Å². The third-order valence-electron chi connectivity index (χ3n) is 4.08. The lowest BCUT2D eigenvalue weighted by atomic mass is 10.1. The summed E-state index contributed by atoms with van der Waals surface area (Å²) in [4.78, 5) is 15.6. The molecular formula is C18H12FN3O2. The van der Waals surface area contributed by atoms with Crippen molar-refractivity contribution >= 4 is 27.5 Å². The first kappa shape index (κ1) is 14.3. The van der Waals surface area contributed by atoms with E-state index in [-0.39, 0.29) is 17.3 Å². The molecule has 0 aliphatic heterocycles. The van der Waals surface area contributed by atoms with Gasteiger partial charge in [0.05, 0.1) is 6.33 Å². The summed E-state index contributed by atoms with van der Waals surface area (Å²) < 4.78 is 14.8. The van der Waals surface area contributed by atoms with E-state index in [2.05, 4.69) is 10.2 Å². The van der Waals surface area contributed by atoms with Gasteiger partial charge < -0.3 is 9.67 Å². The fourth-order valence-corrected chi connectivity index (χ4v) is 2.95. The first-order chi connectivity index (χ1) is 11.7. The predicted molar refractivity (Wildman–Crippen MR) is 89.9 cm³/mol. The lowest BCUT2D eigenvalue weighted by Crippen LogP contribution is -1.98. The molecule has 0 amide bonds. The highest BCUT2D eigenvalue weighted by Crippen LogP contribution is 2.41. The fraction of sp³-hybridized carbons (Fsp3) is 0.0556. The summed E-state index contributed by atoms with van der Waals surface area (Å²) >= 11 is 0. The van der Waals surface area contributed by atoms with Gasteiger partial charge in [-0.15, -0.1) is 4.91 Å². The number of phenolic OH excluding ortho intramolecular Hbond substituents is 1. The number of phenols is 1. The molecule has 1 aromatic heterocycles. The van der Waals surface area contributed by atoms with Crippen LogP contribution in [0.1, 0.15) is 5.56 Å². The van der Waals surface area contributed by atoms with Gasteiger partial charge in [0, 0.05) is 17.3 Å². The van der Waals surface area contributed by atoms with Crippen LogP contribution >= 0.6 is 0 Å². The standard InChI is InChI=1S/C18H12FN3O2/c19-12-7-5-11(6-8-12)9-22-10-20-16-15(21-24)13-3-1-2-4-14(13)18(23)17(16)22/h1-8,10,23H,9H2. The second-order valence-electron chi connectivity index (χ2n) is 5.53. The van der Waals surface area contributed by atoms with Crippen molar-refractivity contribution in [1.29, 1.82) is 0 Å². The largest absolute Gasteiger partial charge is 0.505 e. The molecule has 0 aliphatic carbocycles. The summed E-state index contributed by atoms with van der Waals surface area (Å²) in [5, 5.41) is 14.9. The molecule has 6 heteroatoms. The highest BCUT2D eigenvalue weighted by Gasteiger charge is 2.18. The van der Waals surface area contributed by atoms with Crippen LogP contribution in [0.2, 0.25) is 0 Å². The second-order valence-corrected chi connectivity index (χ2v) is 5.53. The molecule has 0 fully saturated rings. The Bertz CT molecular complexity index is 1070. The minimum Gasteiger partial charge on any atom is -0.505 e. The van der Waals surface area contributed by atoms with Crippen LogP contribution in [0.5, 0.6) is 5.75 Å². The molecule has 4 rings (SSSR count). The number of aromatic hydroxyl groups is 1. The first-order valence-electron chi connectivity index (χ1n) is 7.35. The lowest BCUT2D eigenvalue weighted by molar-refractivity contribution is 0.484. The molecule has 0 bridgehead atoms. The van der Waals surface area contributed by atoms with E-state index in [4.69, 9.17) is 0 Å². The van der Waals surface area contributed by atoms with Crippen LogP contribution < -0.4 is 0 Å². The zero-order valence-electron chi connectivity index (χ0n) is 12.5. The van der Waals surface area contributed by atoms with Crippen LogP contribution in [-0.4, -0.2) is 14.7 Å². The molecule has 0 spiro atoms. The van der Waals surface area contributed by atoms with E-state index in [1.54, 1.807) is 47.3 Å². The summed E-state index contributed by atoms with van der Waals surface area (Å²) in [6.07, 6.45) is 1.54. The summed E-state index contributed by atoms with van der Waals surface area (Å²) in [5.41, 5.74) is 1.84. The average molecular weight is 321 g/mol. The maximum absolute atomic E-state index is 13.0. The van der Waals surface area contributed by atoms with Crippen molar-refractivity contribution in [3.05, 3.63) is 71.1 Å². The van der Waals surface area contributed by atoms with Gasteiger partial charge in [-0.3, -0.25) is 0 Å². The molecule has 0 unspecified atom stereocenters. The SMILES string of the molecule is O=Nc1c2ccccc2c(O)c2c1ncn2Cc1ccc(F)cc1. The molecular weight excluding hydrogens is 309 g/mol. The zero-order chi connectivity index (χ0) is 16.7. The Labute approximate surface area is 136 Å². The number of halogens is 1. The molecule has 5 nitrogen and oxygen atoms in total. The molecule has 24 heavy (non-hydrogen) atoms. The van der Waals surface area contributed by atoms with Crippen molar-refractivity contribution in [3.63, 3.8) is 0 Å². The second kappa shape index (κ2) is 5.42. The number of fused-ring (bicyclic) bond motifs is 2. The topological polar surface area (TPSA) is 67.5 Å². The van der Waals surface area contributed by atoms with Gasteiger partial charge in [-0.25, -0.2) is 9.37 Å². The quantitative estimate of drug-likeness (QED) is 0.566. The van der Waals surface area contributed by atoms with Gasteiger partial charge in [0.1, 0.15) is 28.3 Å². The minimum absolute atomic E-state index is 0.0487. The molecule has 0 saturated heterocycles. The van der Waals surface area contributed by atoms with Gasteiger partial charge in [-0.05, 0) is 22.9 Å². The highest BCUT2D eigenvalue weighted by atomic mass is 19.1. The fourth-order valence-electron chi connectivity index (χ4n) is 2.95. The Balaban J connectivity index is 1.96. The number of aromatic nitrogens is 2. The smallest absolute Gasteiger partial charge is 0.149 e. The first-order valence-corrected chi connectivity index (χ1v) is 7.35. The molecule has 0 saturated carbocycles. The Kier molecular flexibility index (Phi) is 3.23. The third kappa shape index (κ3) is 2.11. The number of rotatable bonds is 3. The third-order valence-corrected chi connectivity index (χ3v) is 4.08. The zero-order valence-corrected chi connectivity index (χ0v) is 12.5. The number of hydrogen-bond donors (Lipinski definition) is 1. The van der Waals surface area contributed by atoms with Crippen molar-refractivity contribution in [2.75, 3.05) is 0 Å². The average Bonchev–Trinajstić information content (AvgIpc) is 3.01. The predicted octanol–water partition coefficient (Wildman–Crippen LogP) is 4.48. The van der Waals surface area contributed by atoms with E-state index in [1.165, 1.54) is 12.1 Å². The van der Waals surface area contributed by atoms with Gasteiger partial charge in [-0.2, -0.15) is 0 Å². The Morgan fingerprint density at radius 3 is 2.50 bits per heavy atom. The summed E-state index contributed by atoms with van der Waals surface area (Å²) in [6, 6.07) is 13.1. The van der Waals surface area contributed by atoms with Crippen LogP contribution in [0, 0.1) is 10.7 Å². The molecule has 3 aromatic carbocycles. The summed E-state index contributed by atoms with van der Waals surface area (Å²) in [5.74, 6) is -0.261. The van der Waals surface area contributed by atoms with Crippen LogP contribution in [-0.2, 0) is 6.54 Å². The highest BCUT2D eigenvalue weighted by molar-refractivity contribution is 6.12. The molecule has 0 radical (unpaired) electrons. The van der Waals surface area contributed by atoms with Crippen molar-refractivity contribution in [1.82, 2.24) is 9.55 Å². The maximum atomic E-state index is 13.0. The number of benzene rings is 3. The van der Waals surface area contributed by atoms with Crippen molar-refractivity contribution in [2.24, 2.45) is 5.18 Å². The molecule has 1 N–H and O–H groups in total. The van der Waals surface area contributed by atoms with Gasteiger partial charge in [0.15, 0.2) is 0 Å². The molecule has 4 aromatic rings. The van der Waals surface area contributed by atoms with E-state index in [0.717, 1.165) is 5.56 Å². The van der Waals surface area contributed by atoms with E-state index in [0.29, 0.717) is 28.4 Å². The molecule has 118 valence electrons. The van der Waals surface area contributed by atoms with Crippen molar-refractivity contribution < 1.29 is 9.50 Å². The normalized spacial score (nSPS) is 11.2. The minimum atomic E-state index is -0.310. The Morgan fingerprint density at radius 2 is 1.79 bits per heavy atom. The molecule has 1 heterocycles. The van der Waals surface area contributed by atoms with Crippen LogP contribution in [0.25, 0.3) is 21.8 Å². The van der Waals surface area contributed by atoms with E-state index < -0.39 is 0 Å². The van der Waals surface area contributed by atoms with Gasteiger partial charge in [0.2, 0.25) is 0 Å². The van der Waals surface area contributed by atoms with Crippen LogP contribution in [0.4, 0.5) is 10.1 Å². The van der Waals surface area contributed by atoms with Gasteiger partial charge >= 0.3 is 0 Å². The van der Waals surface area contributed by atoms with Gasteiger partial charge in [-0.1, -0.05) is 36.4 Å². The maximum Gasteiger partial charge on any atom is 0.149 e. The lowest BCUT2D eigenvalue weighted by Gasteiger charge is -2.09. The van der Waals surface area contributed by atoms with Crippen LogP contribution in [0.15, 0.2) is 60.0 Å². The van der Waals surface area contributed by atoms with Gasteiger partial charge in [0.25, 0.3) is 0 Å². The summed E-state index contributed by atoms with van der Waals surface area (Å²) in [6.45, 7) is 0.390. The van der Waals surface area contributed by atoms with E-state index in [9.17, 15) is 14.4 Å². The number of hydrogen-bond acceptors (Lipinski definition) is 4. The van der Waals surface area contributed by atoms with E-state index >= 15 is 0 Å². The summed E-state index contributed by atoms with van der Waals surface area (Å²) in [7, 11) is 0.